The quantitative estimate of drug-likeness (QED) is 0.174. The molecule has 0 atom stereocenters. The summed E-state index contributed by atoms with van der Waals surface area (Å²) >= 11 is 1.79. The second-order valence-corrected chi connectivity index (χ2v) is 19.3. The maximum atomic E-state index is 6.83. The summed E-state index contributed by atoms with van der Waals surface area (Å²) in [4.78, 5) is 16.0. The third-order valence-corrected chi connectivity index (χ3v) is 15.5. The lowest BCUT2D eigenvalue weighted by atomic mass is 9.98. The molecule has 0 amide bonds. The highest BCUT2D eigenvalue weighted by Crippen LogP contribution is 2.44. The lowest BCUT2D eigenvalue weighted by Crippen LogP contribution is -2.49. The van der Waals surface area contributed by atoms with E-state index < -0.39 is 8.07 Å². The summed E-state index contributed by atoms with van der Waals surface area (Å²) in [7, 11) is -2.08. The number of hydrogen-bond donors (Lipinski definition) is 0. The molecular formula is C45H29N3OSSi. The Balaban J connectivity index is 1.25. The van der Waals surface area contributed by atoms with Crippen molar-refractivity contribution in [2.45, 2.75) is 13.1 Å². The van der Waals surface area contributed by atoms with Gasteiger partial charge in [0.05, 0.1) is 0 Å². The molecule has 0 radical (unpaired) electrons. The highest BCUT2D eigenvalue weighted by molar-refractivity contribution is 7.26. The van der Waals surface area contributed by atoms with Gasteiger partial charge in [-0.1, -0.05) is 122 Å². The van der Waals surface area contributed by atoms with Gasteiger partial charge in [0, 0.05) is 53.2 Å². The van der Waals surface area contributed by atoms with Crippen molar-refractivity contribution < 1.29 is 4.42 Å². The topological polar surface area (TPSA) is 51.8 Å². The first-order valence-corrected chi connectivity index (χ1v) is 21.1. The Labute approximate surface area is 298 Å². The number of thiophene rings is 1. The van der Waals surface area contributed by atoms with Crippen LogP contribution in [-0.4, -0.2) is 23.0 Å². The van der Waals surface area contributed by atoms with Gasteiger partial charge in [-0.3, -0.25) is 0 Å². The molecule has 0 saturated heterocycles. The molecule has 240 valence electrons. The predicted molar refractivity (Wildman–Crippen MR) is 216 cm³/mol. The Kier molecular flexibility index (Phi) is 5.95. The van der Waals surface area contributed by atoms with Gasteiger partial charge in [0.2, 0.25) is 0 Å². The zero-order valence-corrected chi connectivity index (χ0v) is 29.8. The van der Waals surface area contributed by atoms with E-state index in [2.05, 4.69) is 147 Å². The van der Waals surface area contributed by atoms with Crippen molar-refractivity contribution in [2.24, 2.45) is 0 Å². The summed E-state index contributed by atoms with van der Waals surface area (Å²) in [5.74, 6) is 1.98. The highest BCUT2D eigenvalue weighted by Gasteiger charge is 2.40. The van der Waals surface area contributed by atoms with E-state index in [9.17, 15) is 0 Å². The van der Waals surface area contributed by atoms with E-state index in [1.165, 1.54) is 47.1 Å². The molecule has 1 aliphatic rings. The van der Waals surface area contributed by atoms with Gasteiger partial charge in [-0.15, -0.1) is 11.3 Å². The van der Waals surface area contributed by atoms with Gasteiger partial charge in [0.1, 0.15) is 19.2 Å². The molecule has 7 aromatic carbocycles. The van der Waals surface area contributed by atoms with Crippen molar-refractivity contribution in [3.05, 3.63) is 140 Å². The highest BCUT2D eigenvalue weighted by atomic mass is 32.1. The smallest absolute Gasteiger partial charge is 0.165 e. The van der Waals surface area contributed by atoms with E-state index in [0.717, 1.165) is 44.0 Å². The number of aromatic nitrogens is 3. The summed E-state index contributed by atoms with van der Waals surface area (Å²) in [5.41, 5.74) is 7.23. The van der Waals surface area contributed by atoms with Crippen LogP contribution in [0.3, 0.4) is 0 Å². The number of fused-ring (bicyclic) bond motifs is 11. The largest absolute Gasteiger partial charge is 0.455 e. The second kappa shape index (κ2) is 10.5. The number of benzene rings is 7. The zero-order valence-electron chi connectivity index (χ0n) is 27.9. The lowest BCUT2D eigenvalue weighted by molar-refractivity contribution is 0.670. The fourth-order valence-corrected chi connectivity index (χ4v) is 12.5. The SMILES string of the molecule is C[Si]1(C)c2ccccc2-c2c1cc(-c1nc(-c3ccc4ccccc4c3)nc(-c3cccc4c3sc3ccccc34)n1)c1c2oc2ccccc21. The van der Waals surface area contributed by atoms with Gasteiger partial charge in [0.25, 0.3) is 0 Å². The summed E-state index contributed by atoms with van der Waals surface area (Å²) in [6.07, 6.45) is 0. The molecule has 0 saturated carbocycles. The molecule has 0 fully saturated rings. The van der Waals surface area contributed by atoms with Crippen molar-refractivity contribution in [1.29, 1.82) is 0 Å². The van der Waals surface area contributed by atoms with Crippen LogP contribution in [0.15, 0.2) is 144 Å². The molecule has 0 bridgehead atoms. The first-order valence-electron chi connectivity index (χ1n) is 17.3. The van der Waals surface area contributed by atoms with Crippen LogP contribution in [0.4, 0.5) is 0 Å². The molecule has 3 aromatic heterocycles. The van der Waals surface area contributed by atoms with Crippen LogP contribution >= 0.6 is 11.3 Å². The van der Waals surface area contributed by atoms with Crippen molar-refractivity contribution in [1.82, 2.24) is 15.0 Å². The van der Waals surface area contributed by atoms with E-state index >= 15 is 0 Å². The molecule has 51 heavy (non-hydrogen) atoms. The van der Waals surface area contributed by atoms with Crippen molar-refractivity contribution in [2.75, 3.05) is 0 Å². The predicted octanol–water partition coefficient (Wildman–Crippen LogP) is 11.1. The Morgan fingerprint density at radius 3 is 2.12 bits per heavy atom. The molecule has 11 rings (SSSR count). The van der Waals surface area contributed by atoms with Crippen LogP contribution in [0.1, 0.15) is 0 Å². The number of hydrogen-bond acceptors (Lipinski definition) is 5. The van der Waals surface area contributed by atoms with E-state index in [1.807, 2.05) is 6.07 Å². The van der Waals surface area contributed by atoms with Crippen molar-refractivity contribution in [3.8, 4) is 45.3 Å². The Morgan fingerprint density at radius 2 is 1.22 bits per heavy atom. The van der Waals surface area contributed by atoms with Crippen LogP contribution in [-0.2, 0) is 0 Å². The third-order valence-electron chi connectivity index (χ3n) is 10.7. The van der Waals surface area contributed by atoms with Crippen LogP contribution in [0, 0.1) is 0 Å². The molecule has 6 heteroatoms. The molecular weight excluding hydrogens is 659 g/mol. The van der Waals surface area contributed by atoms with E-state index in [1.54, 1.807) is 11.3 Å². The lowest BCUT2D eigenvalue weighted by Gasteiger charge is -2.19. The van der Waals surface area contributed by atoms with Crippen LogP contribution in [0.25, 0.3) is 98.2 Å². The summed E-state index contributed by atoms with van der Waals surface area (Å²) in [5, 5.41) is 9.70. The van der Waals surface area contributed by atoms with Crippen LogP contribution in [0.2, 0.25) is 13.1 Å². The number of nitrogens with zero attached hydrogens (tertiary/aromatic N) is 3. The fraction of sp³-hybridized carbons (Fsp3) is 0.0444. The molecule has 0 unspecified atom stereocenters. The van der Waals surface area contributed by atoms with E-state index in [4.69, 9.17) is 19.4 Å². The van der Waals surface area contributed by atoms with Gasteiger partial charge < -0.3 is 4.42 Å². The van der Waals surface area contributed by atoms with Gasteiger partial charge in [-0.25, -0.2) is 15.0 Å². The maximum Gasteiger partial charge on any atom is 0.165 e. The van der Waals surface area contributed by atoms with E-state index in [-0.39, 0.29) is 0 Å². The Hall–Kier alpha value is -5.95. The van der Waals surface area contributed by atoms with E-state index in [0.29, 0.717) is 17.5 Å². The average Bonchev–Trinajstić information content (AvgIpc) is 3.82. The van der Waals surface area contributed by atoms with Crippen LogP contribution in [0.5, 0.6) is 0 Å². The first-order chi connectivity index (χ1) is 25.0. The molecule has 0 spiro atoms. The molecule has 0 N–H and O–H groups in total. The zero-order chi connectivity index (χ0) is 33.8. The first kappa shape index (κ1) is 28.8. The minimum atomic E-state index is -2.08. The van der Waals surface area contributed by atoms with Crippen molar-refractivity contribution >= 4 is 82.7 Å². The molecule has 1 aliphatic heterocycles. The second-order valence-electron chi connectivity index (χ2n) is 14.0. The molecule has 4 heterocycles. The molecule has 10 aromatic rings. The Bertz CT molecular complexity index is 3080. The number of rotatable bonds is 3. The van der Waals surface area contributed by atoms with Gasteiger partial charge in [0.15, 0.2) is 17.5 Å². The van der Waals surface area contributed by atoms with Gasteiger partial charge in [-0.2, -0.15) is 0 Å². The monoisotopic (exact) mass is 687 g/mol. The van der Waals surface area contributed by atoms with Crippen molar-refractivity contribution in [3.63, 3.8) is 0 Å². The fourth-order valence-electron chi connectivity index (χ4n) is 8.23. The van der Waals surface area contributed by atoms with Gasteiger partial charge in [-0.05, 0) is 57.0 Å². The average molecular weight is 688 g/mol. The third kappa shape index (κ3) is 4.15. The molecule has 0 aliphatic carbocycles. The summed E-state index contributed by atoms with van der Waals surface area (Å²) in [6.45, 7) is 4.88. The number of furan rings is 1. The number of para-hydroxylation sites is 1. The minimum Gasteiger partial charge on any atom is -0.455 e. The van der Waals surface area contributed by atoms with Gasteiger partial charge >= 0.3 is 0 Å². The summed E-state index contributed by atoms with van der Waals surface area (Å²) < 4.78 is 9.26. The van der Waals surface area contributed by atoms with Crippen LogP contribution < -0.4 is 10.4 Å². The Morgan fingerprint density at radius 1 is 0.529 bits per heavy atom. The standard InChI is InChI=1S/C45H29N3OSSi/c1-51(2)37-21-10-7-16-32(37)40-38(51)25-34(39-31-15-5-8-19-35(31)49-41(39)40)45-47-43(28-23-22-26-12-3-4-13-27(26)24-28)46-44(48-45)33-18-11-17-30-29-14-6-9-20-36(29)50-42(30)33/h3-25H,1-2H3. The summed E-state index contributed by atoms with van der Waals surface area (Å²) in [6, 6.07) is 49.6. The minimum absolute atomic E-state index is 0.653. The normalized spacial score (nSPS) is 13.5. The molecule has 4 nitrogen and oxygen atoms in total. The maximum absolute atomic E-state index is 6.83.